The minimum Gasteiger partial charge on any atom is -0.493 e. The van der Waals surface area contributed by atoms with Gasteiger partial charge in [0.25, 0.3) is 9.05 Å². The van der Waals surface area contributed by atoms with E-state index in [0.717, 1.165) is 5.41 Å². The first-order valence-corrected chi connectivity index (χ1v) is 7.21. The summed E-state index contributed by atoms with van der Waals surface area (Å²) in [6.07, 6.45) is 1.34. The van der Waals surface area contributed by atoms with Crippen LogP contribution in [0.5, 0.6) is 17.2 Å². The molecule has 0 saturated carbocycles. The van der Waals surface area contributed by atoms with E-state index >= 15 is 0 Å². The standard InChI is InChI=1S/C11H13ClO5S/c1-15-9-6-8(4-5-18(12,13)14)7-10(16-2)11(9)17-3/h4-7H,1-3H3/b5-4+. The van der Waals surface area contributed by atoms with Crippen molar-refractivity contribution in [3.8, 4) is 17.2 Å². The van der Waals surface area contributed by atoms with Crippen LogP contribution in [0.4, 0.5) is 0 Å². The van der Waals surface area contributed by atoms with Crippen LogP contribution in [0.2, 0.25) is 0 Å². The molecule has 0 aliphatic carbocycles. The van der Waals surface area contributed by atoms with Gasteiger partial charge in [0.2, 0.25) is 5.75 Å². The Morgan fingerprint density at radius 2 is 1.56 bits per heavy atom. The molecule has 0 spiro atoms. The Morgan fingerprint density at radius 1 is 1.06 bits per heavy atom. The predicted molar refractivity (Wildman–Crippen MR) is 69.9 cm³/mol. The molecule has 1 aromatic rings. The molecule has 0 radical (unpaired) electrons. The Bertz CT molecular complexity index is 526. The molecule has 0 fully saturated rings. The van der Waals surface area contributed by atoms with Crippen molar-refractivity contribution in [1.82, 2.24) is 0 Å². The third kappa shape index (κ3) is 3.82. The predicted octanol–water partition coefficient (Wildman–Crippen LogP) is 2.25. The van der Waals surface area contributed by atoms with Crippen molar-refractivity contribution in [2.24, 2.45) is 0 Å². The maximum atomic E-state index is 10.8. The highest BCUT2D eigenvalue weighted by Gasteiger charge is 2.12. The van der Waals surface area contributed by atoms with Gasteiger partial charge in [-0.05, 0) is 23.8 Å². The summed E-state index contributed by atoms with van der Waals surface area (Å²) in [5, 5.41) is 0.884. The maximum Gasteiger partial charge on any atom is 0.254 e. The molecule has 7 heteroatoms. The fraction of sp³-hybridized carbons (Fsp3) is 0.273. The molecule has 0 saturated heterocycles. The lowest BCUT2D eigenvalue weighted by atomic mass is 10.2. The molecule has 0 bridgehead atoms. The van der Waals surface area contributed by atoms with E-state index in [-0.39, 0.29) is 0 Å². The van der Waals surface area contributed by atoms with E-state index in [1.54, 1.807) is 12.1 Å². The molecule has 100 valence electrons. The van der Waals surface area contributed by atoms with Gasteiger partial charge in [-0.3, -0.25) is 0 Å². The Morgan fingerprint density at radius 3 is 1.89 bits per heavy atom. The van der Waals surface area contributed by atoms with Gasteiger partial charge in [0.15, 0.2) is 11.5 Å². The van der Waals surface area contributed by atoms with Crippen LogP contribution in [0, 0.1) is 0 Å². The fourth-order valence-electron chi connectivity index (χ4n) is 1.36. The quantitative estimate of drug-likeness (QED) is 0.779. The number of rotatable bonds is 5. The zero-order valence-electron chi connectivity index (χ0n) is 10.1. The van der Waals surface area contributed by atoms with Gasteiger partial charge in [-0.25, -0.2) is 8.42 Å². The van der Waals surface area contributed by atoms with Crippen LogP contribution in [0.25, 0.3) is 6.08 Å². The van der Waals surface area contributed by atoms with Crippen molar-refractivity contribution in [2.45, 2.75) is 0 Å². The van der Waals surface area contributed by atoms with Crippen LogP contribution in [0.15, 0.2) is 17.5 Å². The number of methoxy groups -OCH3 is 3. The van der Waals surface area contributed by atoms with Crippen molar-refractivity contribution in [3.05, 3.63) is 23.1 Å². The number of hydrogen-bond acceptors (Lipinski definition) is 5. The van der Waals surface area contributed by atoms with Gasteiger partial charge in [0, 0.05) is 16.1 Å². The molecular weight excluding hydrogens is 280 g/mol. The molecule has 0 aliphatic heterocycles. The topological polar surface area (TPSA) is 61.8 Å². The number of hydrogen-bond donors (Lipinski definition) is 0. The summed E-state index contributed by atoms with van der Waals surface area (Å²) in [5.74, 6) is 1.30. The van der Waals surface area contributed by atoms with Crippen molar-refractivity contribution >= 4 is 25.8 Å². The molecule has 18 heavy (non-hydrogen) atoms. The summed E-state index contributed by atoms with van der Waals surface area (Å²) in [7, 11) is 5.82. The van der Waals surface area contributed by atoms with Gasteiger partial charge in [0.1, 0.15) is 0 Å². The largest absolute Gasteiger partial charge is 0.493 e. The van der Waals surface area contributed by atoms with Crippen molar-refractivity contribution in [3.63, 3.8) is 0 Å². The Labute approximate surface area is 110 Å². The first-order chi connectivity index (χ1) is 8.41. The monoisotopic (exact) mass is 292 g/mol. The normalized spacial score (nSPS) is 11.6. The summed E-state index contributed by atoms with van der Waals surface area (Å²) in [4.78, 5) is 0. The number of ether oxygens (including phenoxy) is 3. The van der Waals surface area contributed by atoms with E-state index in [1.165, 1.54) is 27.4 Å². The second-order valence-electron chi connectivity index (χ2n) is 3.24. The number of benzene rings is 1. The first-order valence-electron chi connectivity index (χ1n) is 4.84. The zero-order valence-corrected chi connectivity index (χ0v) is 11.7. The summed E-state index contributed by atoms with van der Waals surface area (Å²) in [6, 6.07) is 3.22. The van der Waals surface area contributed by atoms with Gasteiger partial charge in [-0.1, -0.05) is 0 Å². The molecule has 1 aromatic carbocycles. The van der Waals surface area contributed by atoms with E-state index in [4.69, 9.17) is 24.9 Å². The third-order valence-electron chi connectivity index (χ3n) is 2.11. The summed E-state index contributed by atoms with van der Waals surface area (Å²) in [6.45, 7) is 0. The van der Waals surface area contributed by atoms with Gasteiger partial charge < -0.3 is 14.2 Å². The average molecular weight is 293 g/mol. The molecule has 1 rings (SSSR count). The van der Waals surface area contributed by atoms with Crippen LogP contribution in [0.1, 0.15) is 5.56 Å². The van der Waals surface area contributed by atoms with E-state index < -0.39 is 9.05 Å². The highest BCUT2D eigenvalue weighted by Crippen LogP contribution is 2.38. The van der Waals surface area contributed by atoms with E-state index in [9.17, 15) is 8.42 Å². The second kappa shape index (κ2) is 5.97. The Hall–Kier alpha value is -1.40. The molecule has 0 aromatic heterocycles. The minimum atomic E-state index is -3.70. The molecule has 5 nitrogen and oxygen atoms in total. The fourth-order valence-corrected chi connectivity index (χ4v) is 1.83. The summed E-state index contributed by atoms with van der Waals surface area (Å²) >= 11 is 0. The molecule has 0 aliphatic rings. The van der Waals surface area contributed by atoms with Gasteiger partial charge in [-0.2, -0.15) is 0 Å². The van der Waals surface area contributed by atoms with Crippen LogP contribution in [0.3, 0.4) is 0 Å². The van der Waals surface area contributed by atoms with Crippen molar-refractivity contribution < 1.29 is 22.6 Å². The summed E-state index contributed by atoms with van der Waals surface area (Å²) in [5.41, 5.74) is 0.564. The van der Waals surface area contributed by atoms with Gasteiger partial charge in [-0.15, -0.1) is 0 Å². The summed E-state index contributed by atoms with van der Waals surface area (Å²) < 4.78 is 37.1. The molecule has 0 heterocycles. The smallest absolute Gasteiger partial charge is 0.254 e. The van der Waals surface area contributed by atoms with Crippen LogP contribution >= 0.6 is 10.7 Å². The lowest BCUT2D eigenvalue weighted by Gasteiger charge is -2.12. The minimum absolute atomic E-state index is 0.434. The average Bonchev–Trinajstić information content (AvgIpc) is 2.33. The van der Waals surface area contributed by atoms with E-state index in [2.05, 4.69) is 0 Å². The highest BCUT2D eigenvalue weighted by atomic mass is 35.7. The van der Waals surface area contributed by atoms with Crippen molar-refractivity contribution in [2.75, 3.05) is 21.3 Å². The second-order valence-corrected chi connectivity index (χ2v) is 5.75. The van der Waals surface area contributed by atoms with Crippen molar-refractivity contribution in [1.29, 1.82) is 0 Å². The lowest BCUT2D eigenvalue weighted by molar-refractivity contribution is 0.324. The number of halogens is 1. The Kier molecular flexibility index (Phi) is 4.86. The zero-order chi connectivity index (χ0) is 13.8. The highest BCUT2D eigenvalue weighted by molar-refractivity contribution is 8.16. The molecule has 0 N–H and O–H groups in total. The lowest BCUT2D eigenvalue weighted by Crippen LogP contribution is -1.95. The third-order valence-corrected chi connectivity index (χ3v) is 2.88. The van der Waals surface area contributed by atoms with E-state index in [1.807, 2.05) is 0 Å². The van der Waals surface area contributed by atoms with E-state index in [0.29, 0.717) is 22.8 Å². The van der Waals surface area contributed by atoms with Crippen LogP contribution < -0.4 is 14.2 Å². The molecular formula is C11H13ClO5S. The molecule has 0 amide bonds. The molecule has 0 atom stereocenters. The maximum absolute atomic E-state index is 10.8. The molecule has 0 unspecified atom stereocenters. The van der Waals surface area contributed by atoms with Gasteiger partial charge in [0.05, 0.1) is 21.3 Å². The first kappa shape index (κ1) is 14.7. The van der Waals surface area contributed by atoms with Crippen LogP contribution in [-0.4, -0.2) is 29.7 Å². The van der Waals surface area contributed by atoms with Crippen LogP contribution in [-0.2, 0) is 9.05 Å². The van der Waals surface area contributed by atoms with Gasteiger partial charge >= 0.3 is 0 Å². The Balaban J connectivity index is 3.28. The SMILES string of the molecule is COc1cc(/C=C/S(=O)(=O)Cl)cc(OC)c1OC.